The number of aliphatic imine (C=N–C) groups is 1. The van der Waals surface area contributed by atoms with Gasteiger partial charge in [0.25, 0.3) is 0 Å². The van der Waals surface area contributed by atoms with E-state index in [9.17, 15) is 29.1 Å². The predicted octanol–water partition coefficient (Wildman–Crippen LogP) is -0.861. The number of carboxylic acid groups (broad SMARTS) is 1. The summed E-state index contributed by atoms with van der Waals surface area (Å²) in [5.41, 5.74) is 24.1. The Morgan fingerprint density at radius 3 is 2.09 bits per heavy atom. The van der Waals surface area contributed by atoms with Crippen LogP contribution >= 0.6 is 0 Å². The van der Waals surface area contributed by atoms with Gasteiger partial charge in [0.2, 0.25) is 23.6 Å². The van der Waals surface area contributed by atoms with Gasteiger partial charge in [0.15, 0.2) is 5.96 Å². The number of carboxylic acids is 1. The molecule has 4 amide bonds. The molecule has 0 aliphatic heterocycles. The van der Waals surface area contributed by atoms with Crippen LogP contribution in [0.4, 0.5) is 0 Å². The summed E-state index contributed by atoms with van der Waals surface area (Å²) in [4.78, 5) is 70.4. The van der Waals surface area contributed by atoms with Crippen LogP contribution in [0.15, 0.2) is 65.8 Å². The quantitative estimate of drug-likeness (QED) is 0.0477. The third kappa shape index (κ3) is 10.9. The number of fused-ring (bicyclic) bond motifs is 1. The summed E-state index contributed by atoms with van der Waals surface area (Å²) in [5, 5.41) is 18.6. The van der Waals surface area contributed by atoms with Crippen molar-refractivity contribution in [2.24, 2.45) is 27.9 Å². The molecule has 13 N–H and O–H groups in total. The number of primary amides is 1. The van der Waals surface area contributed by atoms with Crippen molar-refractivity contribution in [3.63, 3.8) is 0 Å². The maximum atomic E-state index is 13.6. The van der Waals surface area contributed by atoms with E-state index in [1.54, 1.807) is 36.5 Å². The Balaban J connectivity index is 1.81. The molecule has 1 heterocycles. The Labute approximate surface area is 265 Å². The van der Waals surface area contributed by atoms with Gasteiger partial charge in [-0.1, -0.05) is 48.5 Å². The number of guanidine groups is 1. The van der Waals surface area contributed by atoms with Crippen molar-refractivity contribution in [1.82, 2.24) is 20.9 Å². The highest BCUT2D eigenvalue weighted by Crippen LogP contribution is 2.19. The molecule has 3 aromatic rings. The number of aromatic amines is 1. The number of carbonyl (C=O) groups excluding carboxylic acids is 4. The molecule has 4 unspecified atom stereocenters. The highest BCUT2D eigenvalue weighted by atomic mass is 16.4. The van der Waals surface area contributed by atoms with Crippen LogP contribution < -0.4 is 38.9 Å². The fourth-order valence-corrected chi connectivity index (χ4v) is 4.80. The zero-order valence-corrected chi connectivity index (χ0v) is 25.3. The van der Waals surface area contributed by atoms with Crippen molar-refractivity contribution in [1.29, 1.82) is 0 Å². The molecule has 0 fully saturated rings. The maximum absolute atomic E-state index is 13.6. The largest absolute Gasteiger partial charge is 0.480 e. The summed E-state index contributed by atoms with van der Waals surface area (Å²) in [6.07, 6.45) is 1.92. The topological polar surface area (TPSA) is 274 Å². The summed E-state index contributed by atoms with van der Waals surface area (Å²) in [5.74, 6) is -4.16. The van der Waals surface area contributed by atoms with Crippen LogP contribution in [0.1, 0.15) is 36.8 Å². The number of benzene rings is 2. The second-order valence-corrected chi connectivity index (χ2v) is 10.8. The minimum absolute atomic E-state index is 0.0102. The number of para-hydroxylation sites is 1. The Morgan fingerprint density at radius 2 is 1.41 bits per heavy atom. The number of hydrogen-bond donors (Lipinski definition) is 9. The van der Waals surface area contributed by atoms with Crippen LogP contribution in [-0.2, 0) is 36.8 Å². The zero-order valence-electron chi connectivity index (χ0n) is 25.3. The Hall–Kier alpha value is -5.44. The summed E-state index contributed by atoms with van der Waals surface area (Å²) in [7, 11) is 0. The van der Waals surface area contributed by atoms with Gasteiger partial charge in [0.1, 0.15) is 18.1 Å². The summed E-state index contributed by atoms with van der Waals surface area (Å²) < 4.78 is 0. The lowest BCUT2D eigenvalue weighted by atomic mass is 10.0. The van der Waals surface area contributed by atoms with Crippen molar-refractivity contribution in [3.05, 3.63) is 71.9 Å². The van der Waals surface area contributed by atoms with E-state index in [4.69, 9.17) is 22.9 Å². The predicted molar refractivity (Wildman–Crippen MR) is 172 cm³/mol. The third-order valence-electron chi connectivity index (χ3n) is 7.25. The number of aliphatic carboxylic acids is 1. The molecule has 46 heavy (non-hydrogen) atoms. The smallest absolute Gasteiger partial charge is 0.326 e. The molecule has 246 valence electrons. The maximum Gasteiger partial charge on any atom is 0.326 e. The van der Waals surface area contributed by atoms with Crippen molar-refractivity contribution in [3.8, 4) is 0 Å². The first kappa shape index (κ1) is 35.0. The van der Waals surface area contributed by atoms with Gasteiger partial charge in [0, 0.05) is 42.9 Å². The van der Waals surface area contributed by atoms with Crippen LogP contribution in [-0.4, -0.2) is 76.4 Å². The van der Waals surface area contributed by atoms with Gasteiger partial charge in [0.05, 0.1) is 6.04 Å². The first-order valence-electron chi connectivity index (χ1n) is 14.8. The first-order chi connectivity index (χ1) is 21.9. The fraction of sp³-hybridized carbons (Fsp3) is 0.355. The van der Waals surface area contributed by atoms with Gasteiger partial charge in [-0.3, -0.25) is 24.2 Å². The molecular weight excluding hydrogens is 594 g/mol. The van der Waals surface area contributed by atoms with E-state index >= 15 is 0 Å². The molecule has 3 rings (SSSR count). The number of amides is 4. The summed E-state index contributed by atoms with van der Waals surface area (Å²) in [6.45, 7) is 0.164. The molecule has 4 atom stereocenters. The number of H-pyrrole nitrogens is 1. The Kier molecular flexibility index (Phi) is 13.1. The average molecular weight is 636 g/mol. The van der Waals surface area contributed by atoms with Crippen LogP contribution in [0.5, 0.6) is 0 Å². The molecular formula is C31H41N9O6. The molecule has 2 aromatic carbocycles. The van der Waals surface area contributed by atoms with E-state index in [2.05, 4.69) is 25.9 Å². The Morgan fingerprint density at radius 1 is 0.783 bits per heavy atom. The molecule has 0 bridgehead atoms. The second kappa shape index (κ2) is 17.2. The van der Waals surface area contributed by atoms with E-state index in [1.165, 1.54) is 0 Å². The van der Waals surface area contributed by atoms with Crippen molar-refractivity contribution >= 4 is 46.5 Å². The molecule has 15 heteroatoms. The van der Waals surface area contributed by atoms with E-state index < -0.39 is 53.8 Å². The average Bonchev–Trinajstić information content (AvgIpc) is 3.43. The monoisotopic (exact) mass is 635 g/mol. The van der Waals surface area contributed by atoms with Gasteiger partial charge in [-0.2, -0.15) is 0 Å². The third-order valence-corrected chi connectivity index (χ3v) is 7.25. The first-order valence-corrected chi connectivity index (χ1v) is 14.8. The SMILES string of the molecule is NC(=O)CCC(N)C(=O)NC(CCCN=C(N)N)C(=O)NC(Cc1ccccc1)C(=O)NC(Cc1c[nH]c2ccccc12)C(=O)O. The molecule has 0 aliphatic rings. The minimum Gasteiger partial charge on any atom is -0.480 e. The highest BCUT2D eigenvalue weighted by molar-refractivity contribution is 5.94. The highest BCUT2D eigenvalue weighted by Gasteiger charge is 2.31. The molecule has 1 aromatic heterocycles. The molecule has 15 nitrogen and oxygen atoms in total. The van der Waals surface area contributed by atoms with E-state index in [0.717, 1.165) is 10.9 Å². The number of nitrogens with one attached hydrogen (secondary N) is 4. The Bertz CT molecular complexity index is 1540. The van der Waals surface area contributed by atoms with Crippen molar-refractivity contribution in [2.75, 3.05) is 6.54 Å². The lowest BCUT2D eigenvalue weighted by Gasteiger charge is -2.25. The number of nitrogens with zero attached hydrogens (tertiary/aromatic N) is 1. The van der Waals surface area contributed by atoms with Crippen LogP contribution in [0.2, 0.25) is 0 Å². The minimum atomic E-state index is -1.31. The van der Waals surface area contributed by atoms with E-state index in [1.807, 2.05) is 24.3 Å². The second-order valence-electron chi connectivity index (χ2n) is 10.8. The molecule has 0 radical (unpaired) electrons. The van der Waals surface area contributed by atoms with Gasteiger partial charge in [-0.15, -0.1) is 0 Å². The van der Waals surface area contributed by atoms with Crippen molar-refractivity contribution < 1.29 is 29.1 Å². The molecule has 0 saturated heterocycles. The fourth-order valence-electron chi connectivity index (χ4n) is 4.80. The normalized spacial score (nSPS) is 13.5. The van der Waals surface area contributed by atoms with Gasteiger partial charge < -0.3 is 49.0 Å². The lowest BCUT2D eigenvalue weighted by molar-refractivity contribution is -0.142. The summed E-state index contributed by atoms with van der Waals surface area (Å²) in [6, 6.07) is 11.4. The lowest BCUT2D eigenvalue weighted by Crippen LogP contribution is -2.57. The van der Waals surface area contributed by atoms with Gasteiger partial charge in [-0.25, -0.2) is 4.79 Å². The van der Waals surface area contributed by atoms with E-state index in [-0.39, 0.29) is 51.0 Å². The number of nitrogens with two attached hydrogens (primary N) is 4. The van der Waals surface area contributed by atoms with Crippen LogP contribution in [0.3, 0.4) is 0 Å². The molecule has 0 aliphatic carbocycles. The van der Waals surface area contributed by atoms with Crippen LogP contribution in [0.25, 0.3) is 10.9 Å². The van der Waals surface area contributed by atoms with Crippen LogP contribution in [0, 0.1) is 0 Å². The zero-order chi connectivity index (χ0) is 33.6. The molecule has 0 saturated carbocycles. The number of rotatable bonds is 18. The van der Waals surface area contributed by atoms with Gasteiger partial charge >= 0.3 is 5.97 Å². The molecule has 0 spiro atoms. The number of aromatic nitrogens is 1. The summed E-state index contributed by atoms with van der Waals surface area (Å²) >= 11 is 0. The standard InChI is InChI=1S/C31H41N9O6/c32-21(12-13-26(33)41)27(42)38-23(11-6-14-36-31(34)35)28(43)39-24(15-18-7-2-1-3-8-18)29(44)40-25(30(45)46)16-19-17-37-22-10-5-4-9-20(19)22/h1-5,7-10,17,21,23-25,37H,6,11-16,32H2,(H2,33,41)(H,38,42)(H,39,43)(H,40,44)(H,45,46)(H4,34,35,36). The van der Waals surface area contributed by atoms with Gasteiger partial charge in [-0.05, 0) is 36.5 Å². The number of carbonyl (C=O) groups is 5. The number of hydrogen-bond acceptors (Lipinski definition) is 7. The van der Waals surface area contributed by atoms with E-state index in [0.29, 0.717) is 11.1 Å². The van der Waals surface area contributed by atoms with Crippen molar-refractivity contribution in [2.45, 2.75) is 62.7 Å².